The van der Waals surface area contributed by atoms with Crippen LogP contribution in [0.5, 0.6) is 5.75 Å². The number of hydrogen-bond acceptors (Lipinski definition) is 3. The number of nitrogens with one attached hydrogen (secondary N) is 1. The molecule has 4 rings (SSSR count). The summed E-state index contributed by atoms with van der Waals surface area (Å²) in [5.74, 6) is 1.92. The van der Waals surface area contributed by atoms with Gasteiger partial charge in [-0.1, -0.05) is 40.9 Å². The summed E-state index contributed by atoms with van der Waals surface area (Å²) < 4.78 is 7.08. The van der Waals surface area contributed by atoms with Crippen molar-refractivity contribution >= 4 is 26.7 Å². The van der Waals surface area contributed by atoms with E-state index in [4.69, 9.17) is 4.74 Å². The topological polar surface area (TPSA) is 34.1 Å². The Bertz CT molecular complexity index is 922. The van der Waals surface area contributed by atoms with Crippen LogP contribution >= 0.6 is 15.9 Å². The maximum atomic E-state index is 6.00. The fourth-order valence-electron chi connectivity index (χ4n) is 3.61. The Labute approximate surface area is 182 Å². The van der Waals surface area contributed by atoms with Gasteiger partial charge in [-0.05, 0) is 86.5 Å². The zero-order valence-corrected chi connectivity index (χ0v) is 18.5. The number of aromatic nitrogens is 1. The van der Waals surface area contributed by atoms with E-state index in [2.05, 4.69) is 74.8 Å². The van der Waals surface area contributed by atoms with Crippen LogP contribution in [-0.2, 0) is 0 Å². The Kier molecular flexibility index (Phi) is 7.18. The lowest BCUT2D eigenvalue weighted by Gasteiger charge is -2.10. The van der Waals surface area contributed by atoms with Crippen molar-refractivity contribution in [3.63, 3.8) is 0 Å². The number of benzene rings is 2. The molecule has 0 aliphatic heterocycles. The van der Waals surface area contributed by atoms with Gasteiger partial charge in [0, 0.05) is 21.6 Å². The summed E-state index contributed by atoms with van der Waals surface area (Å²) in [5.41, 5.74) is 2.14. The standard InChI is InChI=1S/C25H29BrN2O/c26-22-9-7-20(8-10-22)25-24-12-11-23(17-21(24)13-15-28-25)29-16-4-2-1-3-14-27-18-19-5-6-19/h7-13,15,17,19,27H,1-6,14,16,18H2. The minimum Gasteiger partial charge on any atom is -0.494 e. The summed E-state index contributed by atoms with van der Waals surface area (Å²) in [6.45, 7) is 3.17. The van der Waals surface area contributed by atoms with Gasteiger partial charge in [0.1, 0.15) is 5.75 Å². The maximum absolute atomic E-state index is 6.00. The second-order valence-electron chi connectivity index (χ2n) is 7.96. The van der Waals surface area contributed by atoms with Crippen molar-refractivity contribution < 1.29 is 4.74 Å². The molecule has 3 aromatic rings. The Morgan fingerprint density at radius 3 is 2.62 bits per heavy atom. The molecule has 0 spiro atoms. The van der Waals surface area contributed by atoms with Crippen molar-refractivity contribution in [1.29, 1.82) is 0 Å². The highest BCUT2D eigenvalue weighted by atomic mass is 79.9. The van der Waals surface area contributed by atoms with E-state index >= 15 is 0 Å². The average molecular weight is 453 g/mol. The van der Waals surface area contributed by atoms with Crippen LogP contribution in [0.15, 0.2) is 59.2 Å². The lowest BCUT2D eigenvalue weighted by atomic mass is 10.0. The summed E-state index contributed by atoms with van der Waals surface area (Å²) in [5, 5.41) is 5.88. The predicted octanol–water partition coefficient (Wildman–Crippen LogP) is 6.60. The Morgan fingerprint density at radius 1 is 0.966 bits per heavy atom. The van der Waals surface area contributed by atoms with Crippen molar-refractivity contribution in [2.45, 2.75) is 38.5 Å². The van der Waals surface area contributed by atoms with Gasteiger partial charge in [0.05, 0.1) is 12.3 Å². The minimum absolute atomic E-state index is 0.783. The van der Waals surface area contributed by atoms with E-state index in [1.165, 1.54) is 38.6 Å². The molecule has 0 unspecified atom stereocenters. The van der Waals surface area contributed by atoms with Gasteiger partial charge in [-0.2, -0.15) is 0 Å². The molecular formula is C25H29BrN2O. The lowest BCUT2D eigenvalue weighted by molar-refractivity contribution is 0.305. The van der Waals surface area contributed by atoms with Gasteiger partial charge in [-0.15, -0.1) is 0 Å². The molecule has 0 saturated heterocycles. The number of fused-ring (bicyclic) bond motifs is 1. The second kappa shape index (κ2) is 10.2. The highest BCUT2D eigenvalue weighted by molar-refractivity contribution is 9.10. The van der Waals surface area contributed by atoms with Crippen LogP contribution in [0.2, 0.25) is 0 Å². The molecule has 0 atom stereocenters. The predicted molar refractivity (Wildman–Crippen MR) is 124 cm³/mol. The maximum Gasteiger partial charge on any atom is 0.119 e. The zero-order chi connectivity index (χ0) is 19.9. The van der Waals surface area contributed by atoms with Gasteiger partial charge in [0.2, 0.25) is 0 Å². The van der Waals surface area contributed by atoms with Crippen LogP contribution in [0, 0.1) is 5.92 Å². The van der Waals surface area contributed by atoms with Crippen LogP contribution in [0.25, 0.3) is 22.0 Å². The van der Waals surface area contributed by atoms with E-state index in [1.54, 1.807) is 0 Å². The van der Waals surface area contributed by atoms with Gasteiger partial charge in [-0.25, -0.2) is 0 Å². The fraction of sp³-hybridized carbons (Fsp3) is 0.400. The molecule has 0 radical (unpaired) electrons. The second-order valence-corrected chi connectivity index (χ2v) is 8.88. The zero-order valence-electron chi connectivity index (χ0n) is 16.9. The number of hydrogen-bond donors (Lipinski definition) is 1. The Balaban J connectivity index is 1.25. The van der Waals surface area contributed by atoms with Crippen LogP contribution in [0.1, 0.15) is 38.5 Å². The highest BCUT2D eigenvalue weighted by Crippen LogP contribution is 2.30. The molecule has 152 valence electrons. The SMILES string of the molecule is Brc1ccc(-c2nccc3cc(OCCCCCCNCC4CC4)ccc23)cc1. The smallest absolute Gasteiger partial charge is 0.119 e. The molecule has 3 nitrogen and oxygen atoms in total. The van der Waals surface area contributed by atoms with Crippen molar-refractivity contribution in [3.8, 4) is 17.0 Å². The van der Waals surface area contributed by atoms with E-state index in [-0.39, 0.29) is 0 Å². The van der Waals surface area contributed by atoms with E-state index < -0.39 is 0 Å². The molecule has 1 heterocycles. The van der Waals surface area contributed by atoms with Gasteiger partial charge in [0.15, 0.2) is 0 Å². The van der Waals surface area contributed by atoms with E-state index in [0.29, 0.717) is 0 Å². The summed E-state index contributed by atoms with van der Waals surface area (Å²) >= 11 is 3.50. The van der Waals surface area contributed by atoms with Gasteiger partial charge < -0.3 is 10.1 Å². The highest BCUT2D eigenvalue weighted by Gasteiger charge is 2.19. The summed E-state index contributed by atoms with van der Waals surface area (Å²) in [6.07, 6.45) is 9.63. The molecule has 1 saturated carbocycles. The van der Waals surface area contributed by atoms with E-state index in [0.717, 1.165) is 57.7 Å². The third-order valence-corrected chi connectivity index (χ3v) is 6.03. The third kappa shape index (κ3) is 6.03. The molecule has 1 fully saturated rings. The van der Waals surface area contributed by atoms with Crippen LogP contribution < -0.4 is 10.1 Å². The number of nitrogens with zero attached hydrogens (tertiary/aromatic N) is 1. The number of rotatable bonds is 11. The number of unbranched alkanes of at least 4 members (excludes halogenated alkanes) is 3. The van der Waals surface area contributed by atoms with E-state index in [1.807, 2.05) is 6.20 Å². The molecule has 0 bridgehead atoms. The van der Waals surface area contributed by atoms with Crippen molar-refractivity contribution in [3.05, 3.63) is 59.2 Å². The van der Waals surface area contributed by atoms with Crippen LogP contribution in [0.4, 0.5) is 0 Å². The third-order valence-electron chi connectivity index (χ3n) is 5.50. The fourth-order valence-corrected chi connectivity index (χ4v) is 3.87. The summed E-state index contributed by atoms with van der Waals surface area (Å²) in [6, 6.07) is 16.7. The van der Waals surface area contributed by atoms with E-state index in [9.17, 15) is 0 Å². The quantitative estimate of drug-likeness (QED) is 0.332. The molecular weight excluding hydrogens is 424 g/mol. The lowest BCUT2D eigenvalue weighted by Crippen LogP contribution is -2.17. The van der Waals surface area contributed by atoms with Gasteiger partial charge in [-0.3, -0.25) is 4.98 Å². The number of ether oxygens (including phenoxy) is 1. The van der Waals surface area contributed by atoms with Crippen LogP contribution in [-0.4, -0.2) is 24.7 Å². The monoisotopic (exact) mass is 452 g/mol. The molecule has 2 aromatic carbocycles. The minimum atomic E-state index is 0.783. The van der Waals surface area contributed by atoms with Gasteiger partial charge in [0.25, 0.3) is 0 Å². The first-order valence-electron chi connectivity index (χ1n) is 10.8. The van der Waals surface area contributed by atoms with Crippen molar-refractivity contribution in [1.82, 2.24) is 10.3 Å². The largest absolute Gasteiger partial charge is 0.494 e. The number of pyridine rings is 1. The first-order chi connectivity index (χ1) is 14.3. The van der Waals surface area contributed by atoms with Crippen molar-refractivity contribution in [2.75, 3.05) is 19.7 Å². The van der Waals surface area contributed by atoms with Crippen LogP contribution in [0.3, 0.4) is 0 Å². The molecule has 1 aliphatic rings. The molecule has 4 heteroatoms. The Hall–Kier alpha value is -1.91. The summed E-state index contributed by atoms with van der Waals surface area (Å²) in [4.78, 5) is 4.61. The molecule has 0 amide bonds. The average Bonchev–Trinajstić information content (AvgIpc) is 3.57. The first kappa shape index (κ1) is 20.4. The molecule has 1 aromatic heterocycles. The molecule has 1 N–H and O–H groups in total. The van der Waals surface area contributed by atoms with Gasteiger partial charge >= 0.3 is 0 Å². The van der Waals surface area contributed by atoms with Crippen molar-refractivity contribution in [2.24, 2.45) is 5.92 Å². The summed E-state index contributed by atoms with van der Waals surface area (Å²) in [7, 11) is 0. The molecule has 29 heavy (non-hydrogen) atoms. The number of halogens is 1. The molecule has 1 aliphatic carbocycles. The normalized spacial score (nSPS) is 13.7. The Morgan fingerprint density at radius 2 is 1.79 bits per heavy atom. The first-order valence-corrected chi connectivity index (χ1v) is 11.6.